The van der Waals surface area contributed by atoms with Crippen LogP contribution in [0.2, 0.25) is 5.02 Å². The number of aromatic amines is 1. The van der Waals surface area contributed by atoms with Gasteiger partial charge in [0, 0.05) is 10.9 Å². The van der Waals surface area contributed by atoms with E-state index in [0.717, 1.165) is 5.56 Å². The maximum absolute atomic E-state index is 12.3. The van der Waals surface area contributed by atoms with Gasteiger partial charge in [0.1, 0.15) is 0 Å². The molecule has 2 heterocycles. The van der Waals surface area contributed by atoms with Crippen LogP contribution in [0.1, 0.15) is 10.4 Å². The van der Waals surface area contributed by atoms with E-state index in [1.807, 2.05) is 5.38 Å². The number of benzene rings is 2. The Labute approximate surface area is 150 Å². The SMILES string of the molecule is O=C(Nc1nc(-c2ccc3oc(=O)[nH]c3c2)cs1)c1ccccc1Cl. The van der Waals surface area contributed by atoms with Crippen LogP contribution in [0.3, 0.4) is 0 Å². The van der Waals surface area contributed by atoms with Gasteiger partial charge >= 0.3 is 5.76 Å². The number of hydrogen-bond donors (Lipinski definition) is 2. The lowest BCUT2D eigenvalue weighted by molar-refractivity contribution is 0.102. The number of rotatable bonds is 3. The minimum absolute atomic E-state index is 0.318. The van der Waals surface area contributed by atoms with Crippen molar-refractivity contribution in [3.63, 3.8) is 0 Å². The van der Waals surface area contributed by atoms with Crippen molar-refractivity contribution in [1.29, 1.82) is 0 Å². The van der Waals surface area contributed by atoms with E-state index >= 15 is 0 Å². The normalized spacial score (nSPS) is 10.9. The average molecular weight is 372 g/mol. The van der Waals surface area contributed by atoms with E-state index < -0.39 is 5.76 Å². The molecule has 2 aromatic carbocycles. The fourth-order valence-electron chi connectivity index (χ4n) is 2.38. The summed E-state index contributed by atoms with van der Waals surface area (Å²) in [6.07, 6.45) is 0. The number of carbonyl (C=O) groups excluding carboxylic acids is 1. The molecule has 6 nitrogen and oxygen atoms in total. The molecule has 0 spiro atoms. The predicted octanol–water partition coefficient (Wildman–Crippen LogP) is 4.15. The van der Waals surface area contributed by atoms with E-state index in [1.165, 1.54) is 11.3 Å². The molecular weight excluding hydrogens is 362 g/mol. The van der Waals surface area contributed by atoms with Gasteiger partial charge in [0.2, 0.25) is 0 Å². The number of nitrogens with one attached hydrogen (secondary N) is 2. The summed E-state index contributed by atoms with van der Waals surface area (Å²) >= 11 is 7.33. The van der Waals surface area contributed by atoms with Crippen LogP contribution >= 0.6 is 22.9 Å². The molecule has 1 amide bonds. The maximum Gasteiger partial charge on any atom is 0.417 e. The first-order chi connectivity index (χ1) is 12.1. The Kier molecular flexibility index (Phi) is 3.87. The Balaban J connectivity index is 1.60. The molecule has 2 aromatic heterocycles. The summed E-state index contributed by atoms with van der Waals surface area (Å²) < 4.78 is 4.98. The van der Waals surface area contributed by atoms with Crippen molar-refractivity contribution in [3.05, 3.63) is 69.0 Å². The van der Waals surface area contributed by atoms with Crippen LogP contribution in [0.5, 0.6) is 0 Å². The third kappa shape index (κ3) is 3.07. The van der Waals surface area contributed by atoms with E-state index in [4.69, 9.17) is 16.0 Å². The number of thiazole rings is 1. The van der Waals surface area contributed by atoms with Gasteiger partial charge in [-0.25, -0.2) is 9.78 Å². The molecule has 0 atom stereocenters. The molecule has 4 rings (SSSR count). The molecule has 0 aliphatic rings. The number of amides is 1. The second-order valence-corrected chi connectivity index (χ2v) is 6.46. The summed E-state index contributed by atoms with van der Waals surface area (Å²) in [4.78, 5) is 30.5. The number of halogens is 1. The number of hydrogen-bond acceptors (Lipinski definition) is 5. The summed E-state index contributed by atoms with van der Waals surface area (Å²) in [7, 11) is 0. The highest BCUT2D eigenvalue weighted by molar-refractivity contribution is 7.14. The van der Waals surface area contributed by atoms with Crippen molar-refractivity contribution in [1.82, 2.24) is 9.97 Å². The third-order valence-electron chi connectivity index (χ3n) is 3.56. The van der Waals surface area contributed by atoms with Gasteiger partial charge in [-0.15, -0.1) is 11.3 Å². The van der Waals surface area contributed by atoms with Crippen molar-refractivity contribution in [3.8, 4) is 11.3 Å². The number of nitrogens with zero attached hydrogens (tertiary/aromatic N) is 1. The van der Waals surface area contributed by atoms with Gasteiger partial charge in [0.15, 0.2) is 10.7 Å². The molecule has 0 radical (unpaired) electrons. The average Bonchev–Trinajstić information content (AvgIpc) is 3.19. The molecule has 0 aliphatic carbocycles. The third-order valence-corrected chi connectivity index (χ3v) is 4.65. The summed E-state index contributed by atoms with van der Waals surface area (Å²) in [5.74, 6) is -0.820. The predicted molar refractivity (Wildman–Crippen MR) is 97.3 cm³/mol. The second kappa shape index (κ2) is 6.19. The van der Waals surface area contributed by atoms with Crippen LogP contribution in [0.25, 0.3) is 22.4 Å². The van der Waals surface area contributed by atoms with Gasteiger partial charge in [-0.2, -0.15) is 0 Å². The Morgan fingerprint density at radius 1 is 1.24 bits per heavy atom. The zero-order valence-electron chi connectivity index (χ0n) is 12.6. The fraction of sp³-hybridized carbons (Fsp3) is 0. The highest BCUT2D eigenvalue weighted by Gasteiger charge is 2.13. The van der Waals surface area contributed by atoms with Crippen LogP contribution in [-0.2, 0) is 0 Å². The van der Waals surface area contributed by atoms with Gasteiger partial charge < -0.3 is 4.42 Å². The van der Waals surface area contributed by atoms with Gasteiger partial charge in [-0.05, 0) is 30.3 Å². The molecule has 0 saturated carbocycles. The fourth-order valence-corrected chi connectivity index (χ4v) is 3.32. The van der Waals surface area contributed by atoms with Crippen molar-refractivity contribution in [2.24, 2.45) is 0 Å². The number of oxazole rings is 1. The smallest absolute Gasteiger partial charge is 0.408 e. The molecule has 0 unspecified atom stereocenters. The van der Waals surface area contributed by atoms with Crippen molar-refractivity contribution in [2.45, 2.75) is 0 Å². The molecule has 0 bridgehead atoms. The van der Waals surface area contributed by atoms with Gasteiger partial charge in [0.25, 0.3) is 5.91 Å². The van der Waals surface area contributed by atoms with Crippen molar-refractivity contribution in [2.75, 3.05) is 5.32 Å². The zero-order chi connectivity index (χ0) is 17.4. The van der Waals surface area contributed by atoms with Crippen LogP contribution in [0.4, 0.5) is 5.13 Å². The lowest BCUT2D eigenvalue weighted by Crippen LogP contribution is -2.12. The Bertz CT molecular complexity index is 1150. The number of carbonyl (C=O) groups is 1. The van der Waals surface area contributed by atoms with Crippen LogP contribution in [0, 0.1) is 0 Å². The summed E-state index contributed by atoms with van der Waals surface area (Å²) in [6, 6.07) is 12.1. The number of anilines is 1. The Morgan fingerprint density at radius 2 is 2.08 bits per heavy atom. The first-order valence-electron chi connectivity index (χ1n) is 7.25. The molecule has 124 valence electrons. The molecule has 2 N–H and O–H groups in total. The Hall–Kier alpha value is -2.90. The van der Waals surface area contributed by atoms with E-state index in [1.54, 1.807) is 42.5 Å². The molecule has 8 heteroatoms. The summed E-state index contributed by atoms with van der Waals surface area (Å²) in [6.45, 7) is 0. The molecule has 4 aromatic rings. The minimum Gasteiger partial charge on any atom is -0.408 e. The van der Waals surface area contributed by atoms with Crippen LogP contribution in [0.15, 0.2) is 57.1 Å². The molecular formula is C17H10ClN3O3S. The molecule has 0 fully saturated rings. The topological polar surface area (TPSA) is 88.0 Å². The van der Waals surface area contributed by atoms with E-state index in [-0.39, 0.29) is 5.91 Å². The summed E-state index contributed by atoms with van der Waals surface area (Å²) in [5.41, 5.74) is 2.95. The van der Waals surface area contributed by atoms with Crippen LogP contribution < -0.4 is 11.1 Å². The monoisotopic (exact) mass is 371 g/mol. The lowest BCUT2D eigenvalue weighted by atomic mass is 10.1. The largest absolute Gasteiger partial charge is 0.417 e. The molecule has 25 heavy (non-hydrogen) atoms. The number of aromatic nitrogens is 2. The second-order valence-electron chi connectivity index (χ2n) is 5.20. The van der Waals surface area contributed by atoms with Gasteiger partial charge in [-0.1, -0.05) is 23.7 Å². The molecule has 0 saturated heterocycles. The highest BCUT2D eigenvalue weighted by Crippen LogP contribution is 2.27. The van der Waals surface area contributed by atoms with E-state index in [9.17, 15) is 9.59 Å². The van der Waals surface area contributed by atoms with E-state index in [2.05, 4.69) is 15.3 Å². The lowest BCUT2D eigenvalue weighted by Gasteiger charge is -2.03. The van der Waals surface area contributed by atoms with Gasteiger partial charge in [0.05, 0.1) is 21.8 Å². The van der Waals surface area contributed by atoms with Gasteiger partial charge in [-0.3, -0.25) is 15.1 Å². The standard InChI is InChI=1S/C17H10ClN3O3S/c18-11-4-2-1-3-10(11)15(22)21-16-19-13(8-25-16)9-5-6-14-12(7-9)20-17(23)24-14/h1-8H,(H,20,23)(H,19,21,22). The van der Waals surface area contributed by atoms with Crippen molar-refractivity contribution >= 4 is 45.1 Å². The first-order valence-corrected chi connectivity index (χ1v) is 8.50. The number of fused-ring (bicyclic) bond motifs is 1. The molecule has 0 aliphatic heterocycles. The quantitative estimate of drug-likeness (QED) is 0.566. The highest BCUT2D eigenvalue weighted by atomic mass is 35.5. The van der Waals surface area contributed by atoms with Crippen LogP contribution in [-0.4, -0.2) is 15.9 Å². The number of H-pyrrole nitrogens is 1. The summed E-state index contributed by atoms with van der Waals surface area (Å²) in [5, 5.41) is 5.40. The maximum atomic E-state index is 12.3. The Morgan fingerprint density at radius 3 is 2.92 bits per heavy atom. The first kappa shape index (κ1) is 15.6. The van der Waals surface area contributed by atoms with E-state index in [0.29, 0.717) is 32.5 Å². The zero-order valence-corrected chi connectivity index (χ0v) is 14.1. The minimum atomic E-state index is -0.502. The van der Waals surface area contributed by atoms with Crippen molar-refractivity contribution < 1.29 is 9.21 Å².